The summed E-state index contributed by atoms with van der Waals surface area (Å²) < 4.78 is 7.34. The third-order valence-corrected chi connectivity index (χ3v) is 7.01. The summed E-state index contributed by atoms with van der Waals surface area (Å²) in [6.45, 7) is 6.03. The van der Waals surface area contributed by atoms with Gasteiger partial charge in [0.25, 0.3) is 0 Å². The largest absolute Gasteiger partial charge is 0.378 e. The van der Waals surface area contributed by atoms with Crippen LogP contribution in [-0.2, 0) is 4.74 Å². The van der Waals surface area contributed by atoms with Crippen LogP contribution in [0.15, 0.2) is 67.4 Å². The first-order chi connectivity index (χ1) is 17.3. The van der Waals surface area contributed by atoms with Gasteiger partial charge >= 0.3 is 0 Å². The van der Waals surface area contributed by atoms with Gasteiger partial charge in [0.15, 0.2) is 11.5 Å². The topological polar surface area (TPSA) is 86.6 Å². The Balaban J connectivity index is 1.12. The van der Waals surface area contributed by atoms with Crippen LogP contribution in [0.1, 0.15) is 0 Å². The van der Waals surface area contributed by atoms with Crippen molar-refractivity contribution < 1.29 is 4.74 Å². The Morgan fingerprint density at radius 2 is 1.86 bits per heavy atom. The van der Waals surface area contributed by atoms with Gasteiger partial charge < -0.3 is 24.3 Å². The number of aromatic nitrogens is 5. The first kappa shape index (κ1) is 20.4. The minimum absolute atomic E-state index is 0.618. The van der Waals surface area contributed by atoms with Crippen molar-refractivity contribution in [1.82, 2.24) is 29.2 Å². The second-order valence-electron chi connectivity index (χ2n) is 9.15. The van der Waals surface area contributed by atoms with Crippen LogP contribution in [0.4, 0.5) is 17.2 Å². The number of aromatic amines is 1. The Labute approximate surface area is 202 Å². The average Bonchev–Trinajstić information content (AvgIpc) is 3.53. The molecule has 6 heterocycles. The smallest absolute Gasteiger partial charge is 0.180 e. The highest BCUT2D eigenvalue weighted by molar-refractivity contribution is 5.81. The van der Waals surface area contributed by atoms with Crippen LogP contribution in [0, 0.1) is 0 Å². The normalized spacial score (nSPS) is 17.2. The highest BCUT2D eigenvalue weighted by atomic mass is 16.5. The lowest BCUT2D eigenvalue weighted by atomic mass is 10.1. The van der Waals surface area contributed by atoms with E-state index in [4.69, 9.17) is 9.72 Å². The van der Waals surface area contributed by atoms with Crippen molar-refractivity contribution in [2.24, 2.45) is 0 Å². The summed E-state index contributed by atoms with van der Waals surface area (Å²) in [5.41, 5.74) is 6.71. The molecule has 0 radical (unpaired) electrons. The van der Waals surface area contributed by atoms with Gasteiger partial charge in [-0.1, -0.05) is 0 Å². The third kappa shape index (κ3) is 3.78. The first-order valence-electron chi connectivity index (χ1n) is 12.0. The third-order valence-electron chi connectivity index (χ3n) is 7.01. The Morgan fingerprint density at radius 3 is 2.66 bits per heavy atom. The Bertz CT molecular complexity index is 1480. The van der Waals surface area contributed by atoms with E-state index in [1.54, 1.807) is 6.20 Å². The van der Waals surface area contributed by atoms with Crippen LogP contribution in [0.25, 0.3) is 27.9 Å². The summed E-state index contributed by atoms with van der Waals surface area (Å²) in [7, 11) is 0. The number of imidazole rings is 1. The minimum atomic E-state index is 0.618. The van der Waals surface area contributed by atoms with Gasteiger partial charge in [-0.15, -0.1) is 0 Å². The number of H-pyrrole nitrogens is 1. The van der Waals surface area contributed by atoms with Gasteiger partial charge in [0.05, 0.1) is 36.0 Å². The number of rotatable bonds is 5. The summed E-state index contributed by atoms with van der Waals surface area (Å²) in [6, 6.07) is 13.2. The Kier molecular flexibility index (Phi) is 4.88. The molecule has 4 aromatic heterocycles. The van der Waals surface area contributed by atoms with Crippen LogP contribution < -0.4 is 10.2 Å². The molecular formula is C26H26N8O. The highest BCUT2D eigenvalue weighted by Crippen LogP contribution is 2.27. The standard InChI is InChI=1S/C26H26N8O/c1-3-20(32-9-11-33(12-10-32)21-16-35-17-21)4-2-19(1)30-25-26-28-7-8-34(26)15-24(31-25)18-13-23-22(29-14-18)5-6-27-23/h1-8,13-15,21,27H,9-12,16-17H2,(H,30,31). The Morgan fingerprint density at radius 1 is 1.00 bits per heavy atom. The Hall–Kier alpha value is -3.95. The molecule has 5 aromatic rings. The molecule has 2 N–H and O–H groups in total. The van der Waals surface area contributed by atoms with E-state index in [0.29, 0.717) is 11.9 Å². The lowest BCUT2D eigenvalue weighted by Crippen LogP contribution is -2.56. The molecule has 2 saturated heterocycles. The van der Waals surface area contributed by atoms with Gasteiger partial charge in [0, 0.05) is 74.1 Å². The predicted octanol–water partition coefficient (Wildman–Crippen LogP) is 3.54. The van der Waals surface area contributed by atoms with E-state index in [9.17, 15) is 0 Å². The number of nitrogens with zero attached hydrogens (tertiary/aromatic N) is 6. The first-order valence-corrected chi connectivity index (χ1v) is 12.0. The number of hydrogen-bond acceptors (Lipinski definition) is 7. The molecule has 176 valence electrons. The quantitative estimate of drug-likeness (QED) is 0.410. The van der Waals surface area contributed by atoms with Gasteiger partial charge in [0.1, 0.15) is 0 Å². The SMILES string of the molecule is c1cn2cc(-c3cnc4cc[nH]c4c3)nc(Nc3ccc(N4CCN(C5COC5)CC4)cc3)c2n1. The fourth-order valence-electron chi connectivity index (χ4n) is 4.90. The number of anilines is 3. The summed E-state index contributed by atoms with van der Waals surface area (Å²) in [5.74, 6) is 0.711. The number of pyridine rings is 1. The molecule has 0 atom stereocenters. The van der Waals surface area contributed by atoms with E-state index < -0.39 is 0 Å². The zero-order valence-electron chi connectivity index (χ0n) is 19.3. The molecule has 0 bridgehead atoms. The summed E-state index contributed by atoms with van der Waals surface area (Å²) >= 11 is 0. The molecule has 35 heavy (non-hydrogen) atoms. The van der Waals surface area contributed by atoms with Crippen LogP contribution in [0.5, 0.6) is 0 Å². The molecule has 0 unspecified atom stereocenters. The van der Waals surface area contributed by atoms with Gasteiger partial charge in [0.2, 0.25) is 0 Å². The van der Waals surface area contributed by atoms with Crippen molar-refractivity contribution >= 4 is 33.9 Å². The van der Waals surface area contributed by atoms with Crippen molar-refractivity contribution in [1.29, 1.82) is 0 Å². The van der Waals surface area contributed by atoms with Gasteiger partial charge in [-0.05, 0) is 36.4 Å². The molecule has 2 fully saturated rings. The minimum Gasteiger partial charge on any atom is -0.378 e. The van der Waals surface area contributed by atoms with Crippen LogP contribution in [0.3, 0.4) is 0 Å². The second kappa shape index (κ2) is 8.37. The molecule has 9 nitrogen and oxygen atoms in total. The fraction of sp³-hybridized carbons (Fsp3) is 0.269. The summed E-state index contributed by atoms with van der Waals surface area (Å²) in [4.78, 5) is 22.2. The van der Waals surface area contributed by atoms with Crippen molar-refractivity contribution in [2.75, 3.05) is 49.6 Å². The van der Waals surface area contributed by atoms with Crippen LogP contribution in [0.2, 0.25) is 0 Å². The van der Waals surface area contributed by atoms with Crippen molar-refractivity contribution in [3.8, 4) is 11.3 Å². The number of piperazine rings is 1. The molecule has 9 heteroatoms. The molecular weight excluding hydrogens is 440 g/mol. The van der Waals surface area contributed by atoms with Crippen molar-refractivity contribution in [2.45, 2.75) is 6.04 Å². The molecule has 0 amide bonds. The predicted molar refractivity (Wildman–Crippen MR) is 136 cm³/mol. The molecule has 0 aliphatic carbocycles. The van der Waals surface area contributed by atoms with Crippen LogP contribution >= 0.6 is 0 Å². The molecule has 7 rings (SSSR count). The lowest BCUT2D eigenvalue weighted by Gasteiger charge is -2.43. The van der Waals surface area contributed by atoms with Crippen molar-refractivity contribution in [3.05, 3.63) is 67.4 Å². The number of nitrogens with one attached hydrogen (secondary N) is 2. The highest BCUT2D eigenvalue weighted by Gasteiger charge is 2.28. The van der Waals surface area contributed by atoms with Gasteiger partial charge in [-0.25, -0.2) is 9.97 Å². The van der Waals surface area contributed by atoms with Gasteiger partial charge in [-0.3, -0.25) is 9.88 Å². The monoisotopic (exact) mass is 466 g/mol. The molecule has 2 aliphatic rings. The maximum absolute atomic E-state index is 5.35. The number of ether oxygens (including phenoxy) is 1. The van der Waals surface area contributed by atoms with E-state index in [-0.39, 0.29) is 0 Å². The zero-order chi connectivity index (χ0) is 23.2. The lowest BCUT2D eigenvalue weighted by molar-refractivity contribution is -0.0660. The fourth-order valence-corrected chi connectivity index (χ4v) is 4.90. The van der Waals surface area contributed by atoms with Crippen LogP contribution in [-0.4, -0.2) is 74.7 Å². The molecule has 2 aliphatic heterocycles. The molecule has 1 aromatic carbocycles. The maximum atomic E-state index is 5.35. The average molecular weight is 467 g/mol. The molecule has 0 spiro atoms. The number of hydrogen-bond donors (Lipinski definition) is 2. The van der Waals surface area contributed by atoms with E-state index in [2.05, 4.69) is 60.4 Å². The van der Waals surface area contributed by atoms with E-state index >= 15 is 0 Å². The zero-order valence-corrected chi connectivity index (χ0v) is 19.3. The van der Waals surface area contributed by atoms with E-state index in [1.807, 2.05) is 35.3 Å². The molecule has 0 saturated carbocycles. The van der Waals surface area contributed by atoms with Crippen molar-refractivity contribution in [3.63, 3.8) is 0 Å². The van der Waals surface area contributed by atoms with E-state index in [1.165, 1.54) is 5.69 Å². The van der Waals surface area contributed by atoms with E-state index in [0.717, 1.165) is 73.0 Å². The second-order valence-corrected chi connectivity index (χ2v) is 9.15. The summed E-state index contributed by atoms with van der Waals surface area (Å²) in [5, 5.41) is 3.48. The van der Waals surface area contributed by atoms with Gasteiger partial charge in [-0.2, -0.15) is 0 Å². The number of benzene rings is 1. The number of fused-ring (bicyclic) bond motifs is 2. The maximum Gasteiger partial charge on any atom is 0.180 e. The summed E-state index contributed by atoms with van der Waals surface area (Å²) in [6.07, 6.45) is 9.46.